The zero-order chi connectivity index (χ0) is 12.7. The third kappa shape index (κ3) is 3.90. The van der Waals surface area contributed by atoms with Gasteiger partial charge < -0.3 is 10.1 Å². The Morgan fingerprint density at radius 2 is 2.29 bits per heavy atom. The smallest absolute Gasteiger partial charge is 0.305 e. The fraction of sp³-hybridized carbons (Fsp3) is 0.455. The summed E-state index contributed by atoms with van der Waals surface area (Å²) in [5.74, 6) is 0.701. The molecular weight excluding hydrogens is 240 g/mol. The molecule has 0 atom stereocenters. The zero-order valence-corrected chi connectivity index (χ0v) is 10.8. The van der Waals surface area contributed by atoms with Crippen LogP contribution in [0.25, 0.3) is 0 Å². The molecule has 1 aromatic carbocycles. The summed E-state index contributed by atoms with van der Waals surface area (Å²) in [6.45, 7) is 3.15. The number of anilines is 1. The van der Waals surface area contributed by atoms with Gasteiger partial charge in [-0.15, -0.1) is 11.8 Å². The van der Waals surface area contributed by atoms with Gasteiger partial charge in [-0.1, -0.05) is 6.07 Å². The minimum atomic E-state index is -0.340. The van der Waals surface area contributed by atoms with Crippen molar-refractivity contribution in [2.75, 3.05) is 31.3 Å². The van der Waals surface area contributed by atoms with Crippen LogP contribution in [0.15, 0.2) is 23.1 Å². The summed E-state index contributed by atoms with van der Waals surface area (Å²) < 4.78 is 4.94. The van der Waals surface area contributed by atoms with E-state index in [4.69, 9.17) is 4.74 Å². The van der Waals surface area contributed by atoms with E-state index < -0.39 is 0 Å². The van der Waals surface area contributed by atoms with E-state index in [0.29, 0.717) is 29.5 Å². The minimum absolute atomic E-state index is 0.149. The molecule has 0 saturated heterocycles. The van der Waals surface area contributed by atoms with Crippen molar-refractivity contribution in [1.29, 1.82) is 0 Å². The van der Waals surface area contributed by atoms with Crippen LogP contribution >= 0.6 is 11.8 Å². The number of thioether (sulfide) groups is 1. The van der Waals surface area contributed by atoms with Crippen LogP contribution in [0.2, 0.25) is 0 Å². The SMILES string of the molecule is CCNc1cccc(SCCOC)c1[N+](=O)[O-]. The molecule has 5 nitrogen and oxygen atoms in total. The fourth-order valence-electron chi connectivity index (χ4n) is 1.40. The van der Waals surface area contributed by atoms with Crippen LogP contribution in [0.5, 0.6) is 0 Å². The van der Waals surface area contributed by atoms with Gasteiger partial charge in [0.05, 0.1) is 16.4 Å². The van der Waals surface area contributed by atoms with Crippen LogP contribution < -0.4 is 5.32 Å². The number of ether oxygens (including phenoxy) is 1. The third-order valence-electron chi connectivity index (χ3n) is 2.09. The number of nitro benzene ring substituents is 1. The third-order valence-corrected chi connectivity index (χ3v) is 3.11. The molecule has 1 N–H and O–H groups in total. The van der Waals surface area contributed by atoms with Crippen molar-refractivity contribution in [3.63, 3.8) is 0 Å². The van der Waals surface area contributed by atoms with Gasteiger partial charge in [0.2, 0.25) is 0 Å². The van der Waals surface area contributed by atoms with E-state index in [2.05, 4.69) is 5.32 Å². The number of nitrogens with zero attached hydrogens (tertiary/aromatic N) is 1. The van der Waals surface area contributed by atoms with Gasteiger partial charge in [-0.2, -0.15) is 0 Å². The van der Waals surface area contributed by atoms with Crippen LogP contribution in [-0.2, 0) is 4.74 Å². The number of methoxy groups -OCH3 is 1. The van der Waals surface area contributed by atoms with Gasteiger partial charge in [0.1, 0.15) is 5.69 Å². The number of nitrogens with one attached hydrogen (secondary N) is 1. The van der Waals surface area contributed by atoms with Gasteiger partial charge in [0.25, 0.3) is 0 Å². The van der Waals surface area contributed by atoms with Crippen LogP contribution in [0.4, 0.5) is 11.4 Å². The summed E-state index contributed by atoms with van der Waals surface area (Å²) in [5, 5.41) is 14.1. The molecule has 1 aromatic rings. The second-order valence-electron chi connectivity index (χ2n) is 3.28. The topological polar surface area (TPSA) is 64.4 Å². The van der Waals surface area contributed by atoms with E-state index in [9.17, 15) is 10.1 Å². The zero-order valence-electron chi connectivity index (χ0n) is 9.93. The minimum Gasteiger partial charge on any atom is -0.384 e. The molecule has 0 aliphatic heterocycles. The highest BCUT2D eigenvalue weighted by Gasteiger charge is 2.19. The average molecular weight is 256 g/mol. The van der Waals surface area contributed by atoms with Gasteiger partial charge in [-0.25, -0.2) is 0 Å². The van der Waals surface area contributed by atoms with Gasteiger partial charge in [0, 0.05) is 19.4 Å². The molecule has 0 bridgehead atoms. The lowest BCUT2D eigenvalue weighted by molar-refractivity contribution is -0.386. The number of hydrogen-bond acceptors (Lipinski definition) is 5. The molecule has 6 heteroatoms. The van der Waals surface area contributed by atoms with Crippen molar-refractivity contribution in [2.24, 2.45) is 0 Å². The molecule has 1 rings (SSSR count). The first-order valence-electron chi connectivity index (χ1n) is 5.33. The normalized spacial score (nSPS) is 10.2. The summed E-state index contributed by atoms with van der Waals surface area (Å²) in [5.41, 5.74) is 0.718. The van der Waals surface area contributed by atoms with E-state index in [1.165, 1.54) is 11.8 Å². The highest BCUT2D eigenvalue weighted by molar-refractivity contribution is 7.99. The Bertz CT molecular complexity index is 385. The molecule has 0 amide bonds. The van der Waals surface area contributed by atoms with Gasteiger partial charge in [0.15, 0.2) is 0 Å². The molecule has 0 fully saturated rings. The van der Waals surface area contributed by atoms with Gasteiger partial charge >= 0.3 is 5.69 Å². The Labute approximate surface area is 105 Å². The Balaban J connectivity index is 2.94. The maximum absolute atomic E-state index is 11.1. The largest absolute Gasteiger partial charge is 0.384 e. The average Bonchev–Trinajstić information content (AvgIpc) is 2.29. The van der Waals surface area contributed by atoms with E-state index in [1.807, 2.05) is 13.0 Å². The van der Waals surface area contributed by atoms with Gasteiger partial charge in [-0.3, -0.25) is 10.1 Å². The molecule has 0 aliphatic carbocycles. The number of benzene rings is 1. The molecule has 17 heavy (non-hydrogen) atoms. The lowest BCUT2D eigenvalue weighted by Gasteiger charge is -2.08. The van der Waals surface area contributed by atoms with Gasteiger partial charge in [-0.05, 0) is 19.1 Å². The lowest BCUT2D eigenvalue weighted by atomic mass is 10.2. The molecule has 0 radical (unpaired) electrons. The van der Waals surface area contributed by atoms with Crippen molar-refractivity contribution >= 4 is 23.1 Å². The summed E-state index contributed by atoms with van der Waals surface area (Å²) in [6, 6.07) is 5.31. The monoisotopic (exact) mass is 256 g/mol. The highest BCUT2D eigenvalue weighted by atomic mass is 32.2. The van der Waals surface area contributed by atoms with Crippen LogP contribution in [-0.4, -0.2) is 30.9 Å². The van der Waals surface area contributed by atoms with E-state index in [-0.39, 0.29) is 10.6 Å². The first-order valence-corrected chi connectivity index (χ1v) is 6.32. The van der Waals surface area contributed by atoms with Crippen molar-refractivity contribution in [3.05, 3.63) is 28.3 Å². The second-order valence-corrected chi connectivity index (χ2v) is 4.42. The number of hydrogen-bond donors (Lipinski definition) is 1. The number of rotatable bonds is 7. The summed E-state index contributed by atoms with van der Waals surface area (Å²) in [6.07, 6.45) is 0. The lowest BCUT2D eigenvalue weighted by Crippen LogP contribution is -2.02. The van der Waals surface area contributed by atoms with Crippen molar-refractivity contribution in [3.8, 4) is 0 Å². The predicted octanol–water partition coefficient (Wildman–Crippen LogP) is 2.77. The Kier molecular flexibility index (Phi) is 5.79. The molecule has 94 valence electrons. The molecular formula is C11H16N2O3S. The quantitative estimate of drug-likeness (QED) is 0.352. The molecule has 0 saturated carbocycles. The second kappa shape index (κ2) is 7.13. The predicted molar refractivity (Wildman–Crippen MR) is 69.9 cm³/mol. The van der Waals surface area contributed by atoms with Crippen LogP contribution in [0, 0.1) is 10.1 Å². The van der Waals surface area contributed by atoms with Crippen molar-refractivity contribution in [1.82, 2.24) is 0 Å². The van der Waals surface area contributed by atoms with E-state index >= 15 is 0 Å². The van der Waals surface area contributed by atoms with Crippen molar-refractivity contribution < 1.29 is 9.66 Å². The molecule has 0 spiro atoms. The summed E-state index contributed by atoms with van der Waals surface area (Å²) in [7, 11) is 1.62. The highest BCUT2D eigenvalue weighted by Crippen LogP contribution is 2.35. The van der Waals surface area contributed by atoms with E-state index in [0.717, 1.165) is 0 Å². The van der Waals surface area contributed by atoms with Crippen molar-refractivity contribution in [2.45, 2.75) is 11.8 Å². The van der Waals surface area contributed by atoms with Crippen LogP contribution in [0.1, 0.15) is 6.92 Å². The Morgan fingerprint density at radius 3 is 2.88 bits per heavy atom. The Hall–Kier alpha value is -1.27. The number of para-hydroxylation sites is 1. The summed E-state index contributed by atoms with van der Waals surface area (Å²) >= 11 is 1.43. The first kappa shape index (κ1) is 13.8. The first-order chi connectivity index (χ1) is 8.20. The van der Waals surface area contributed by atoms with E-state index in [1.54, 1.807) is 19.2 Å². The summed E-state index contributed by atoms with van der Waals surface area (Å²) in [4.78, 5) is 11.4. The Morgan fingerprint density at radius 1 is 1.53 bits per heavy atom. The molecule has 0 heterocycles. The molecule has 0 aromatic heterocycles. The molecule has 0 aliphatic rings. The maximum Gasteiger partial charge on any atom is 0.305 e. The molecule has 0 unspecified atom stereocenters. The van der Waals surface area contributed by atoms with Crippen LogP contribution in [0.3, 0.4) is 0 Å². The maximum atomic E-state index is 11.1. The fourth-order valence-corrected chi connectivity index (χ4v) is 2.36. The number of nitro groups is 1. The standard InChI is InChI=1S/C11H16N2O3S/c1-3-12-9-5-4-6-10(11(9)13(14)15)17-8-7-16-2/h4-6,12H,3,7-8H2,1-2H3.